The van der Waals surface area contributed by atoms with Crippen molar-refractivity contribution < 1.29 is 23.0 Å². The first-order chi connectivity index (χ1) is 11.1. The summed E-state index contributed by atoms with van der Waals surface area (Å²) in [4.78, 5) is 3.88. The van der Waals surface area contributed by atoms with Gasteiger partial charge in [0, 0.05) is 18.9 Å². The van der Waals surface area contributed by atoms with Gasteiger partial charge in [-0.2, -0.15) is 0 Å². The van der Waals surface area contributed by atoms with Gasteiger partial charge in [0.25, 0.3) is 0 Å². The summed E-state index contributed by atoms with van der Waals surface area (Å²) in [5, 5.41) is 10.2. The van der Waals surface area contributed by atoms with Gasteiger partial charge in [0.15, 0.2) is 11.5 Å². The Kier molecular flexibility index (Phi) is 4.46. The number of fused-ring (bicyclic) bond motifs is 1. The topological polar surface area (TPSA) is 97.8 Å². The molecule has 0 saturated carbocycles. The number of sulfonamides is 1. The second-order valence-electron chi connectivity index (χ2n) is 5.00. The molecule has 1 aliphatic rings. The van der Waals surface area contributed by atoms with Gasteiger partial charge >= 0.3 is 0 Å². The summed E-state index contributed by atoms with van der Waals surface area (Å²) in [6.07, 6.45) is 2.21. The van der Waals surface area contributed by atoms with E-state index in [4.69, 9.17) is 9.47 Å². The second kappa shape index (κ2) is 6.53. The normalized spacial score (nSPS) is 14.7. The number of hydrogen-bond donors (Lipinski definition) is 2. The zero-order valence-electron chi connectivity index (χ0n) is 12.2. The average molecular weight is 336 g/mol. The van der Waals surface area contributed by atoms with Gasteiger partial charge in [0.1, 0.15) is 4.90 Å². The summed E-state index contributed by atoms with van der Waals surface area (Å²) in [5.74, 6) is 1.22. The highest BCUT2D eigenvalue weighted by molar-refractivity contribution is 7.89. The maximum absolute atomic E-state index is 12.0. The molecule has 122 valence electrons. The van der Waals surface area contributed by atoms with E-state index >= 15 is 0 Å². The zero-order valence-corrected chi connectivity index (χ0v) is 13.0. The molecule has 1 unspecified atom stereocenters. The van der Waals surface area contributed by atoms with Gasteiger partial charge in [-0.3, -0.25) is 4.98 Å². The fourth-order valence-electron chi connectivity index (χ4n) is 2.21. The second-order valence-corrected chi connectivity index (χ2v) is 6.77. The Morgan fingerprint density at radius 1 is 1.26 bits per heavy atom. The van der Waals surface area contributed by atoms with E-state index in [0.717, 1.165) is 0 Å². The summed E-state index contributed by atoms with van der Waals surface area (Å²) in [7, 11) is -3.62. The predicted molar refractivity (Wildman–Crippen MR) is 81.6 cm³/mol. The molecule has 2 N–H and O–H groups in total. The van der Waals surface area contributed by atoms with Crippen LogP contribution in [0.5, 0.6) is 11.5 Å². The van der Waals surface area contributed by atoms with Gasteiger partial charge in [0.2, 0.25) is 16.8 Å². The van der Waals surface area contributed by atoms with Crippen molar-refractivity contribution in [1.82, 2.24) is 9.71 Å². The number of benzene rings is 1. The summed E-state index contributed by atoms with van der Waals surface area (Å²) < 4.78 is 37.0. The van der Waals surface area contributed by atoms with Gasteiger partial charge in [-0.05, 0) is 36.2 Å². The third-order valence-electron chi connectivity index (χ3n) is 3.44. The minimum Gasteiger partial charge on any atom is -0.454 e. The number of aliphatic hydroxyl groups excluding tert-OH is 1. The molecule has 7 nitrogen and oxygen atoms in total. The number of ether oxygens (including phenoxy) is 2. The van der Waals surface area contributed by atoms with Crippen LogP contribution in [0.25, 0.3) is 0 Å². The van der Waals surface area contributed by atoms with E-state index in [2.05, 4.69) is 9.71 Å². The van der Waals surface area contributed by atoms with Crippen LogP contribution in [0, 0.1) is 0 Å². The number of pyridine rings is 1. The highest BCUT2D eigenvalue weighted by Crippen LogP contribution is 2.34. The van der Waals surface area contributed by atoms with E-state index < -0.39 is 16.1 Å². The molecule has 1 aliphatic heterocycles. The molecule has 2 heterocycles. The standard InChI is InChI=1S/C15H16N2O5S/c18-13(11-3-4-14-15(8-11)22-10-21-14)5-7-17-23(19,20)12-2-1-6-16-9-12/h1-4,6,8-9,13,17-18H,5,7,10H2. The lowest BCUT2D eigenvalue weighted by Gasteiger charge is -2.12. The average Bonchev–Trinajstić information content (AvgIpc) is 3.03. The molecule has 3 rings (SSSR count). The van der Waals surface area contributed by atoms with Crippen molar-refractivity contribution in [3.63, 3.8) is 0 Å². The largest absolute Gasteiger partial charge is 0.454 e. The fourth-order valence-corrected chi connectivity index (χ4v) is 3.22. The van der Waals surface area contributed by atoms with Crippen molar-refractivity contribution in [3.05, 3.63) is 48.3 Å². The van der Waals surface area contributed by atoms with Gasteiger partial charge in [-0.15, -0.1) is 0 Å². The van der Waals surface area contributed by atoms with Crippen LogP contribution in [0.15, 0.2) is 47.6 Å². The molecule has 0 amide bonds. The van der Waals surface area contributed by atoms with Crippen molar-refractivity contribution in [1.29, 1.82) is 0 Å². The molecule has 0 saturated heterocycles. The minimum atomic E-state index is -3.62. The minimum absolute atomic E-state index is 0.0950. The van der Waals surface area contributed by atoms with Crippen LogP contribution in [0.1, 0.15) is 18.1 Å². The molecule has 23 heavy (non-hydrogen) atoms. The predicted octanol–water partition coefficient (Wildman–Crippen LogP) is 1.21. The van der Waals surface area contributed by atoms with E-state index in [-0.39, 0.29) is 24.7 Å². The smallest absolute Gasteiger partial charge is 0.242 e. The van der Waals surface area contributed by atoms with Gasteiger partial charge in [-0.25, -0.2) is 13.1 Å². The maximum Gasteiger partial charge on any atom is 0.242 e. The lowest BCUT2D eigenvalue weighted by Crippen LogP contribution is -2.26. The molecule has 0 fully saturated rings. The van der Waals surface area contributed by atoms with E-state index in [1.54, 1.807) is 24.3 Å². The van der Waals surface area contributed by atoms with Crippen LogP contribution in [-0.4, -0.2) is 31.8 Å². The van der Waals surface area contributed by atoms with Crippen molar-refractivity contribution in [2.45, 2.75) is 17.4 Å². The van der Waals surface area contributed by atoms with E-state index in [9.17, 15) is 13.5 Å². The highest BCUT2D eigenvalue weighted by Gasteiger charge is 2.18. The first-order valence-corrected chi connectivity index (χ1v) is 8.52. The molecule has 0 aliphatic carbocycles. The van der Waals surface area contributed by atoms with E-state index in [0.29, 0.717) is 17.1 Å². The van der Waals surface area contributed by atoms with Crippen LogP contribution >= 0.6 is 0 Å². The first-order valence-electron chi connectivity index (χ1n) is 7.03. The molecule has 0 radical (unpaired) electrons. The molecule has 1 aromatic heterocycles. The molecule has 1 aromatic carbocycles. The Labute approximate surface area is 133 Å². The van der Waals surface area contributed by atoms with Crippen molar-refractivity contribution in [3.8, 4) is 11.5 Å². The van der Waals surface area contributed by atoms with Crippen molar-refractivity contribution in [2.24, 2.45) is 0 Å². The van der Waals surface area contributed by atoms with Crippen LogP contribution in [-0.2, 0) is 10.0 Å². The molecule has 8 heteroatoms. The SMILES string of the molecule is O=S(=O)(NCCC(O)c1ccc2c(c1)OCO2)c1cccnc1. The Bertz CT molecular complexity index is 780. The number of hydrogen-bond acceptors (Lipinski definition) is 6. The summed E-state index contributed by atoms with van der Waals surface area (Å²) in [5.41, 5.74) is 0.648. The highest BCUT2D eigenvalue weighted by atomic mass is 32.2. The number of rotatable bonds is 6. The zero-order chi connectivity index (χ0) is 16.3. The lowest BCUT2D eigenvalue weighted by molar-refractivity contribution is 0.166. The lowest BCUT2D eigenvalue weighted by atomic mass is 10.1. The van der Waals surface area contributed by atoms with Gasteiger partial charge < -0.3 is 14.6 Å². The Balaban J connectivity index is 1.58. The third-order valence-corrected chi connectivity index (χ3v) is 4.88. The Morgan fingerprint density at radius 2 is 2.09 bits per heavy atom. The van der Waals surface area contributed by atoms with Crippen LogP contribution in [0.2, 0.25) is 0 Å². The Morgan fingerprint density at radius 3 is 2.87 bits per heavy atom. The number of aliphatic hydroxyl groups is 1. The molecule has 0 spiro atoms. The summed E-state index contributed by atoms with van der Waals surface area (Å²) in [6.45, 7) is 0.270. The van der Waals surface area contributed by atoms with Gasteiger partial charge in [0.05, 0.1) is 6.10 Å². The number of aromatic nitrogens is 1. The number of nitrogens with one attached hydrogen (secondary N) is 1. The monoisotopic (exact) mass is 336 g/mol. The quantitative estimate of drug-likeness (QED) is 0.823. The van der Waals surface area contributed by atoms with E-state index in [1.165, 1.54) is 18.5 Å². The molecular weight excluding hydrogens is 320 g/mol. The summed E-state index contributed by atoms with van der Waals surface area (Å²) >= 11 is 0. The van der Waals surface area contributed by atoms with Crippen molar-refractivity contribution >= 4 is 10.0 Å². The molecule has 0 bridgehead atoms. The van der Waals surface area contributed by atoms with Gasteiger partial charge in [-0.1, -0.05) is 6.07 Å². The van der Waals surface area contributed by atoms with Crippen LogP contribution < -0.4 is 14.2 Å². The molecule has 2 aromatic rings. The van der Waals surface area contributed by atoms with Crippen LogP contribution in [0.3, 0.4) is 0 Å². The maximum atomic E-state index is 12.0. The van der Waals surface area contributed by atoms with E-state index in [1.807, 2.05) is 0 Å². The fraction of sp³-hybridized carbons (Fsp3) is 0.267. The molecule has 1 atom stereocenters. The van der Waals surface area contributed by atoms with Crippen molar-refractivity contribution in [2.75, 3.05) is 13.3 Å². The Hall–Kier alpha value is -2.16. The summed E-state index contributed by atoms with van der Waals surface area (Å²) in [6, 6.07) is 8.16. The number of nitrogens with zero attached hydrogens (tertiary/aromatic N) is 1. The first kappa shape index (κ1) is 15.7. The van der Waals surface area contributed by atoms with Crippen LogP contribution in [0.4, 0.5) is 0 Å². The molecular formula is C15H16N2O5S. The third kappa shape index (κ3) is 3.61.